The van der Waals surface area contributed by atoms with Crippen molar-refractivity contribution in [2.45, 2.75) is 50.5 Å². The maximum absolute atomic E-state index is 13.2. The first-order valence-electron chi connectivity index (χ1n) is 10.5. The van der Waals surface area contributed by atoms with Crippen LogP contribution in [0.5, 0.6) is 11.5 Å². The summed E-state index contributed by atoms with van der Waals surface area (Å²) in [4.78, 5) is 12.9. The highest BCUT2D eigenvalue weighted by molar-refractivity contribution is 7.89. The molecular formula is C23H29ClN2O5S. The summed E-state index contributed by atoms with van der Waals surface area (Å²) in [5, 5.41) is 3.29. The Morgan fingerprint density at radius 3 is 2.41 bits per heavy atom. The van der Waals surface area contributed by atoms with Crippen molar-refractivity contribution in [3.05, 3.63) is 46.5 Å². The Balaban J connectivity index is 1.90. The first-order chi connectivity index (χ1) is 15.2. The summed E-state index contributed by atoms with van der Waals surface area (Å²) in [6.45, 7) is 3.86. The van der Waals surface area contributed by atoms with Crippen LogP contribution in [0.4, 0.5) is 5.69 Å². The van der Waals surface area contributed by atoms with Gasteiger partial charge in [0.25, 0.3) is 5.91 Å². The van der Waals surface area contributed by atoms with Gasteiger partial charge in [-0.25, -0.2) is 13.1 Å². The summed E-state index contributed by atoms with van der Waals surface area (Å²) in [7, 11) is -1.01. The first-order valence-corrected chi connectivity index (χ1v) is 12.4. The highest BCUT2D eigenvalue weighted by Crippen LogP contribution is 2.32. The molecule has 3 rings (SSSR count). The lowest BCUT2D eigenvalue weighted by molar-refractivity contribution is 0.102. The fourth-order valence-electron chi connectivity index (χ4n) is 3.91. The van der Waals surface area contributed by atoms with E-state index in [9.17, 15) is 13.2 Å². The molecule has 0 aromatic heterocycles. The van der Waals surface area contributed by atoms with Gasteiger partial charge in [0, 0.05) is 22.7 Å². The molecule has 1 aliphatic rings. The summed E-state index contributed by atoms with van der Waals surface area (Å²) in [6, 6.07) is 7.51. The van der Waals surface area contributed by atoms with Crippen molar-refractivity contribution >= 4 is 33.2 Å². The number of benzene rings is 2. The summed E-state index contributed by atoms with van der Waals surface area (Å²) < 4.78 is 39.8. The summed E-state index contributed by atoms with van der Waals surface area (Å²) in [6.07, 6.45) is 3.86. The van der Waals surface area contributed by atoms with Gasteiger partial charge in [-0.05, 0) is 55.5 Å². The van der Waals surface area contributed by atoms with Gasteiger partial charge in [0.1, 0.15) is 16.4 Å². The van der Waals surface area contributed by atoms with Crippen LogP contribution in [-0.2, 0) is 10.0 Å². The van der Waals surface area contributed by atoms with Crippen LogP contribution in [0.25, 0.3) is 0 Å². The van der Waals surface area contributed by atoms with Crippen LogP contribution < -0.4 is 19.5 Å². The molecule has 2 N–H and O–H groups in total. The predicted octanol–water partition coefficient (Wildman–Crippen LogP) is 4.77. The first kappa shape index (κ1) is 24.4. The number of hydrogen-bond acceptors (Lipinski definition) is 5. The van der Waals surface area contributed by atoms with E-state index < -0.39 is 15.9 Å². The second-order valence-corrected chi connectivity index (χ2v) is 10.2. The molecule has 0 spiro atoms. The van der Waals surface area contributed by atoms with Gasteiger partial charge in [-0.1, -0.05) is 31.4 Å². The molecular weight excluding hydrogens is 452 g/mol. The molecule has 1 fully saturated rings. The Morgan fingerprint density at radius 1 is 1.06 bits per heavy atom. The molecule has 0 heterocycles. The van der Waals surface area contributed by atoms with E-state index in [1.54, 1.807) is 12.1 Å². The largest absolute Gasteiger partial charge is 0.495 e. The molecule has 1 aliphatic carbocycles. The van der Waals surface area contributed by atoms with E-state index in [0.717, 1.165) is 31.2 Å². The minimum Gasteiger partial charge on any atom is -0.495 e. The lowest BCUT2D eigenvalue weighted by atomic mass is 9.87. The van der Waals surface area contributed by atoms with Gasteiger partial charge in [0.2, 0.25) is 10.0 Å². The van der Waals surface area contributed by atoms with Gasteiger partial charge in [0.15, 0.2) is 0 Å². The lowest BCUT2D eigenvalue weighted by Gasteiger charge is -2.29. The number of carbonyl (C=O) groups is 1. The monoisotopic (exact) mass is 480 g/mol. The van der Waals surface area contributed by atoms with Crippen LogP contribution in [0.2, 0.25) is 5.02 Å². The van der Waals surface area contributed by atoms with Crippen LogP contribution in [-0.4, -0.2) is 34.6 Å². The van der Waals surface area contributed by atoms with E-state index in [2.05, 4.69) is 17.0 Å². The molecule has 7 nitrogen and oxygen atoms in total. The molecule has 174 valence electrons. The maximum Gasteiger partial charge on any atom is 0.255 e. The van der Waals surface area contributed by atoms with Crippen molar-refractivity contribution < 1.29 is 22.7 Å². The quantitative estimate of drug-likeness (QED) is 0.595. The van der Waals surface area contributed by atoms with Gasteiger partial charge in [-0.15, -0.1) is 0 Å². The van der Waals surface area contributed by atoms with Crippen LogP contribution in [0.1, 0.15) is 48.5 Å². The topological polar surface area (TPSA) is 93.7 Å². The number of anilines is 1. The molecule has 2 aromatic carbocycles. The lowest BCUT2D eigenvalue weighted by Crippen LogP contribution is -2.41. The van der Waals surface area contributed by atoms with Crippen molar-refractivity contribution in [1.82, 2.24) is 4.72 Å². The van der Waals surface area contributed by atoms with E-state index in [4.69, 9.17) is 21.1 Å². The van der Waals surface area contributed by atoms with Crippen LogP contribution in [0, 0.1) is 12.8 Å². The third-order valence-corrected chi connectivity index (χ3v) is 7.78. The standard InChI is InChI=1S/C23H29ClN2O5S/c1-14-7-5-6-8-18(14)26-32(28,29)22-12-16(9-10-20(22)30-3)23(27)25-19-11-15(2)17(24)13-21(19)31-4/h9-14,18,26H,5-8H2,1-4H3,(H,25,27)/t14-,18+/m1/s1. The highest BCUT2D eigenvalue weighted by Gasteiger charge is 2.29. The zero-order chi connectivity index (χ0) is 23.5. The number of nitrogens with one attached hydrogen (secondary N) is 2. The zero-order valence-corrected chi connectivity index (χ0v) is 20.3. The zero-order valence-electron chi connectivity index (χ0n) is 18.7. The van der Waals surface area contributed by atoms with E-state index in [1.165, 1.54) is 32.4 Å². The summed E-state index contributed by atoms with van der Waals surface area (Å²) in [5.41, 5.74) is 1.39. The van der Waals surface area contributed by atoms with Crippen molar-refractivity contribution in [1.29, 1.82) is 0 Å². The number of methoxy groups -OCH3 is 2. The second kappa shape index (κ2) is 10.1. The molecule has 32 heavy (non-hydrogen) atoms. The van der Waals surface area contributed by atoms with Gasteiger partial charge >= 0.3 is 0 Å². The fourth-order valence-corrected chi connectivity index (χ4v) is 5.63. The van der Waals surface area contributed by atoms with Gasteiger partial charge < -0.3 is 14.8 Å². The summed E-state index contributed by atoms with van der Waals surface area (Å²) in [5.74, 6) is 0.354. The SMILES string of the molecule is COc1cc(Cl)c(C)cc1NC(=O)c1ccc(OC)c(S(=O)(=O)N[C@H]2CCCC[C@H]2C)c1. The molecule has 0 bridgehead atoms. The minimum atomic E-state index is -3.89. The maximum atomic E-state index is 13.2. The molecule has 1 amide bonds. The van der Waals surface area contributed by atoms with Crippen LogP contribution in [0.15, 0.2) is 35.2 Å². The third-order valence-electron chi connectivity index (χ3n) is 5.86. The summed E-state index contributed by atoms with van der Waals surface area (Å²) >= 11 is 6.13. The Morgan fingerprint density at radius 2 is 1.75 bits per heavy atom. The predicted molar refractivity (Wildman–Crippen MR) is 125 cm³/mol. The van der Waals surface area contributed by atoms with Crippen molar-refractivity contribution in [3.8, 4) is 11.5 Å². The number of rotatable bonds is 7. The Labute approximate surface area is 194 Å². The molecule has 1 saturated carbocycles. The van der Waals surface area contributed by atoms with Crippen molar-refractivity contribution in [2.75, 3.05) is 19.5 Å². The third kappa shape index (κ3) is 5.36. The van der Waals surface area contributed by atoms with Crippen molar-refractivity contribution in [2.24, 2.45) is 5.92 Å². The fraction of sp³-hybridized carbons (Fsp3) is 0.435. The smallest absolute Gasteiger partial charge is 0.255 e. The Bertz CT molecular complexity index is 1100. The Kier molecular flexibility index (Phi) is 7.69. The van der Waals surface area contributed by atoms with Crippen LogP contribution >= 0.6 is 11.6 Å². The number of aryl methyl sites for hydroxylation is 1. The molecule has 2 aromatic rings. The molecule has 0 aliphatic heterocycles. The average Bonchev–Trinajstić information content (AvgIpc) is 2.77. The number of hydrogen-bond donors (Lipinski definition) is 2. The second-order valence-electron chi connectivity index (χ2n) is 8.11. The average molecular weight is 481 g/mol. The molecule has 0 saturated heterocycles. The minimum absolute atomic E-state index is 0.0651. The molecule has 9 heteroatoms. The number of halogens is 1. The number of ether oxygens (including phenoxy) is 2. The molecule has 0 unspecified atom stereocenters. The number of carbonyl (C=O) groups excluding carboxylic acids is 1. The van der Waals surface area contributed by atoms with Gasteiger partial charge in [-0.2, -0.15) is 0 Å². The molecule has 2 atom stereocenters. The van der Waals surface area contributed by atoms with Crippen LogP contribution in [0.3, 0.4) is 0 Å². The highest BCUT2D eigenvalue weighted by atomic mass is 35.5. The Hall–Kier alpha value is -2.29. The van der Waals surface area contributed by atoms with E-state index in [0.29, 0.717) is 16.5 Å². The van der Waals surface area contributed by atoms with E-state index >= 15 is 0 Å². The number of amides is 1. The normalized spacial score (nSPS) is 18.8. The van der Waals surface area contributed by atoms with Gasteiger partial charge in [-0.3, -0.25) is 4.79 Å². The van der Waals surface area contributed by atoms with Crippen molar-refractivity contribution in [3.63, 3.8) is 0 Å². The molecule has 0 radical (unpaired) electrons. The van der Waals surface area contributed by atoms with Gasteiger partial charge in [0.05, 0.1) is 19.9 Å². The van der Waals surface area contributed by atoms with E-state index in [1.807, 2.05) is 6.92 Å². The van der Waals surface area contributed by atoms with E-state index in [-0.39, 0.29) is 28.2 Å². The number of sulfonamides is 1.